The molecule has 0 aliphatic carbocycles. The van der Waals surface area contributed by atoms with E-state index in [0.29, 0.717) is 16.4 Å². The Balaban J connectivity index is 2.27. The van der Waals surface area contributed by atoms with Crippen molar-refractivity contribution in [2.45, 2.75) is 0 Å². The van der Waals surface area contributed by atoms with Gasteiger partial charge in [-0.05, 0) is 30.3 Å². The molecule has 1 heterocycles. The molecule has 0 unspecified atom stereocenters. The third-order valence-corrected chi connectivity index (χ3v) is 3.28. The molecule has 19 heavy (non-hydrogen) atoms. The number of fused-ring (bicyclic) bond motifs is 1. The molecule has 0 saturated carbocycles. The minimum atomic E-state index is -0.483. The highest BCUT2D eigenvalue weighted by atomic mass is 35.5. The summed E-state index contributed by atoms with van der Waals surface area (Å²) < 4.78 is 14.8. The monoisotopic (exact) mass is 276 g/mol. The normalized spacial score (nSPS) is 11.1. The van der Waals surface area contributed by atoms with Gasteiger partial charge in [0.05, 0.1) is 16.6 Å². The largest absolute Gasteiger partial charge is 0.507 e. The van der Waals surface area contributed by atoms with E-state index in [1.165, 1.54) is 12.1 Å². The number of aryl methyl sites for hydroxylation is 1. The Hall–Kier alpha value is -2.07. The third kappa shape index (κ3) is 1.94. The van der Waals surface area contributed by atoms with E-state index in [0.717, 1.165) is 17.1 Å². The molecule has 0 aliphatic rings. The maximum absolute atomic E-state index is 13.0. The molecule has 0 aliphatic heterocycles. The maximum atomic E-state index is 13.0. The van der Waals surface area contributed by atoms with Crippen molar-refractivity contribution >= 4 is 22.6 Å². The molecule has 5 heteroatoms. The molecule has 96 valence electrons. The zero-order chi connectivity index (χ0) is 13.6. The van der Waals surface area contributed by atoms with Gasteiger partial charge < -0.3 is 9.67 Å². The number of imidazole rings is 1. The van der Waals surface area contributed by atoms with Gasteiger partial charge >= 0.3 is 0 Å². The van der Waals surface area contributed by atoms with E-state index in [4.69, 9.17) is 11.6 Å². The second-order valence-electron chi connectivity index (χ2n) is 4.29. The summed E-state index contributed by atoms with van der Waals surface area (Å²) in [6, 6.07) is 9.26. The van der Waals surface area contributed by atoms with Crippen LogP contribution in [0.3, 0.4) is 0 Å². The first kappa shape index (κ1) is 12.0. The molecule has 1 N–H and O–H groups in total. The minimum absolute atomic E-state index is 0.135. The van der Waals surface area contributed by atoms with Crippen LogP contribution in [0.2, 0.25) is 5.02 Å². The minimum Gasteiger partial charge on any atom is -0.507 e. The predicted molar refractivity (Wildman–Crippen MR) is 72.8 cm³/mol. The van der Waals surface area contributed by atoms with Crippen LogP contribution < -0.4 is 0 Å². The zero-order valence-corrected chi connectivity index (χ0v) is 10.8. The predicted octanol–water partition coefficient (Wildman–Crippen LogP) is 3.74. The molecule has 3 nitrogen and oxygen atoms in total. The summed E-state index contributed by atoms with van der Waals surface area (Å²) in [5.41, 5.74) is 2.10. The molecule has 1 aromatic heterocycles. The Kier molecular flexibility index (Phi) is 2.68. The molecule has 2 aromatic carbocycles. The van der Waals surface area contributed by atoms with Crippen molar-refractivity contribution in [3.05, 3.63) is 47.2 Å². The van der Waals surface area contributed by atoms with Crippen molar-refractivity contribution in [2.24, 2.45) is 7.05 Å². The smallest absolute Gasteiger partial charge is 0.144 e. The molecule has 0 saturated heterocycles. The molecule has 0 bridgehead atoms. The molecule has 0 radical (unpaired) electrons. The van der Waals surface area contributed by atoms with Crippen LogP contribution in [0.5, 0.6) is 5.75 Å². The van der Waals surface area contributed by atoms with Gasteiger partial charge in [0.1, 0.15) is 17.4 Å². The molecular weight excluding hydrogens is 267 g/mol. The fraction of sp³-hybridized carbons (Fsp3) is 0.0714. The van der Waals surface area contributed by atoms with Gasteiger partial charge in [0.25, 0.3) is 0 Å². The Morgan fingerprint density at radius 2 is 2.00 bits per heavy atom. The number of aromatic nitrogens is 2. The number of rotatable bonds is 1. The number of halogens is 2. The Labute approximate surface area is 113 Å². The SMILES string of the molecule is Cn1c(-c2ccc(F)cc2O)nc2cc(Cl)ccc21. The van der Waals surface area contributed by atoms with Gasteiger partial charge in [0.2, 0.25) is 0 Å². The van der Waals surface area contributed by atoms with Crippen molar-refractivity contribution in [2.75, 3.05) is 0 Å². The quantitative estimate of drug-likeness (QED) is 0.735. The lowest BCUT2D eigenvalue weighted by Crippen LogP contribution is -1.93. The Morgan fingerprint density at radius 1 is 1.21 bits per heavy atom. The van der Waals surface area contributed by atoms with E-state index in [9.17, 15) is 9.50 Å². The Bertz CT molecular complexity index is 782. The number of nitrogens with zero attached hydrogens (tertiary/aromatic N) is 2. The van der Waals surface area contributed by atoms with Crippen LogP contribution in [0, 0.1) is 5.82 Å². The molecule has 0 fully saturated rings. The van der Waals surface area contributed by atoms with Crippen LogP contribution in [-0.4, -0.2) is 14.7 Å². The van der Waals surface area contributed by atoms with E-state index in [1.54, 1.807) is 12.1 Å². The van der Waals surface area contributed by atoms with Crippen LogP contribution in [0.15, 0.2) is 36.4 Å². The number of phenolic OH excluding ortho intramolecular Hbond substituents is 1. The van der Waals surface area contributed by atoms with Gasteiger partial charge in [-0.1, -0.05) is 11.6 Å². The van der Waals surface area contributed by atoms with Gasteiger partial charge in [-0.3, -0.25) is 0 Å². The highest BCUT2D eigenvalue weighted by molar-refractivity contribution is 6.31. The molecular formula is C14H10ClFN2O. The summed E-state index contributed by atoms with van der Waals surface area (Å²) in [6.07, 6.45) is 0. The van der Waals surface area contributed by atoms with Gasteiger partial charge in [-0.2, -0.15) is 0 Å². The Morgan fingerprint density at radius 3 is 2.74 bits per heavy atom. The number of benzene rings is 2. The summed E-state index contributed by atoms with van der Waals surface area (Å²) in [6.45, 7) is 0. The lowest BCUT2D eigenvalue weighted by atomic mass is 10.2. The maximum Gasteiger partial charge on any atom is 0.144 e. The molecule has 0 spiro atoms. The summed E-state index contributed by atoms with van der Waals surface area (Å²) in [5, 5.41) is 10.4. The number of phenols is 1. The fourth-order valence-electron chi connectivity index (χ4n) is 2.11. The van der Waals surface area contributed by atoms with Crippen molar-refractivity contribution in [1.82, 2.24) is 9.55 Å². The van der Waals surface area contributed by atoms with Crippen LogP contribution in [0.25, 0.3) is 22.4 Å². The first-order chi connectivity index (χ1) is 9.06. The summed E-state index contributed by atoms with van der Waals surface area (Å²) in [5.74, 6) is -0.0534. The van der Waals surface area contributed by atoms with E-state index in [2.05, 4.69) is 4.98 Å². The fourth-order valence-corrected chi connectivity index (χ4v) is 2.27. The summed E-state index contributed by atoms with van der Waals surface area (Å²) in [7, 11) is 1.83. The lowest BCUT2D eigenvalue weighted by molar-refractivity contribution is 0.470. The van der Waals surface area contributed by atoms with E-state index >= 15 is 0 Å². The van der Waals surface area contributed by atoms with Crippen molar-refractivity contribution < 1.29 is 9.50 Å². The third-order valence-electron chi connectivity index (χ3n) is 3.04. The first-order valence-electron chi connectivity index (χ1n) is 5.67. The molecule has 0 amide bonds. The average molecular weight is 277 g/mol. The molecule has 0 atom stereocenters. The highest BCUT2D eigenvalue weighted by Crippen LogP contribution is 2.31. The summed E-state index contributed by atoms with van der Waals surface area (Å²) >= 11 is 5.93. The van der Waals surface area contributed by atoms with Gasteiger partial charge in [0, 0.05) is 18.1 Å². The van der Waals surface area contributed by atoms with Crippen molar-refractivity contribution in [3.63, 3.8) is 0 Å². The summed E-state index contributed by atoms with van der Waals surface area (Å²) in [4.78, 5) is 4.43. The van der Waals surface area contributed by atoms with Crippen LogP contribution >= 0.6 is 11.6 Å². The number of hydrogen-bond donors (Lipinski definition) is 1. The van der Waals surface area contributed by atoms with Crippen LogP contribution in [-0.2, 0) is 7.05 Å². The van der Waals surface area contributed by atoms with Crippen LogP contribution in [0.1, 0.15) is 0 Å². The molecule has 3 rings (SSSR count). The standard InChI is InChI=1S/C14H10ClFN2O/c1-18-12-5-2-8(15)6-11(12)17-14(18)10-4-3-9(16)7-13(10)19/h2-7,19H,1H3. The van der Waals surface area contributed by atoms with E-state index < -0.39 is 5.82 Å². The van der Waals surface area contributed by atoms with E-state index in [1.807, 2.05) is 17.7 Å². The van der Waals surface area contributed by atoms with Gasteiger partial charge in [0.15, 0.2) is 0 Å². The second kappa shape index (κ2) is 4.24. The van der Waals surface area contributed by atoms with E-state index in [-0.39, 0.29) is 5.75 Å². The number of hydrogen-bond acceptors (Lipinski definition) is 2. The van der Waals surface area contributed by atoms with Crippen LogP contribution in [0.4, 0.5) is 4.39 Å². The zero-order valence-electron chi connectivity index (χ0n) is 10.1. The molecule has 3 aromatic rings. The first-order valence-corrected chi connectivity index (χ1v) is 6.05. The number of aromatic hydroxyl groups is 1. The van der Waals surface area contributed by atoms with Crippen molar-refractivity contribution in [1.29, 1.82) is 0 Å². The second-order valence-corrected chi connectivity index (χ2v) is 4.73. The highest BCUT2D eigenvalue weighted by Gasteiger charge is 2.13. The van der Waals surface area contributed by atoms with Gasteiger partial charge in [-0.25, -0.2) is 9.37 Å². The average Bonchev–Trinajstić information content (AvgIpc) is 2.66. The van der Waals surface area contributed by atoms with Crippen molar-refractivity contribution in [3.8, 4) is 17.1 Å². The van der Waals surface area contributed by atoms with Gasteiger partial charge in [-0.15, -0.1) is 0 Å². The lowest BCUT2D eigenvalue weighted by Gasteiger charge is -2.04. The topological polar surface area (TPSA) is 38.0 Å².